The topological polar surface area (TPSA) is 3.24 Å². The van der Waals surface area contributed by atoms with E-state index in [0.29, 0.717) is 0 Å². The van der Waals surface area contributed by atoms with Gasteiger partial charge in [-0.15, -0.1) is 0 Å². The van der Waals surface area contributed by atoms with Gasteiger partial charge in [-0.2, -0.15) is 0 Å². The normalized spacial score (nSPS) is 29.9. The van der Waals surface area contributed by atoms with Gasteiger partial charge in [0.1, 0.15) is 0 Å². The number of halogens is 1. The largest absolute Gasteiger partial charge is 0.295 e. The van der Waals surface area contributed by atoms with Gasteiger partial charge in [-0.1, -0.05) is 35.4 Å². The van der Waals surface area contributed by atoms with E-state index in [2.05, 4.69) is 27.4 Å². The van der Waals surface area contributed by atoms with Crippen molar-refractivity contribution in [2.75, 3.05) is 13.1 Å². The summed E-state index contributed by atoms with van der Waals surface area (Å²) in [5.41, 5.74) is 0. The average Bonchev–Trinajstić information content (AvgIpc) is 2.70. The molecular weight excluding hydrogens is 238 g/mol. The Morgan fingerprint density at radius 3 is 2.57 bits per heavy atom. The Hall–Kier alpha value is 0.180. The maximum atomic E-state index is 3.95. The highest BCUT2D eigenvalue weighted by atomic mass is 79.9. The summed E-state index contributed by atoms with van der Waals surface area (Å²) in [5, 5.41) is 0. The van der Waals surface area contributed by atoms with Crippen molar-refractivity contribution in [1.29, 1.82) is 0 Å². The lowest BCUT2D eigenvalue weighted by Crippen LogP contribution is -2.35. The zero-order chi connectivity index (χ0) is 9.97. The summed E-state index contributed by atoms with van der Waals surface area (Å²) in [6.07, 6.45) is 8.67. The van der Waals surface area contributed by atoms with Crippen LogP contribution in [-0.2, 0) is 0 Å². The minimum Gasteiger partial charge on any atom is -0.295 e. The second kappa shape index (κ2) is 4.80. The Morgan fingerprint density at radius 2 is 1.93 bits per heavy atom. The standard InChI is InChI=1S/C12H20BrN/c1-10(13)9-14-8-4-7-12(14)11-5-2-3-6-11/h11-12H,1-9H2. The highest BCUT2D eigenvalue weighted by Gasteiger charge is 2.32. The van der Waals surface area contributed by atoms with E-state index in [-0.39, 0.29) is 0 Å². The van der Waals surface area contributed by atoms with E-state index in [4.69, 9.17) is 0 Å². The van der Waals surface area contributed by atoms with Crippen molar-refractivity contribution in [3.63, 3.8) is 0 Å². The van der Waals surface area contributed by atoms with Crippen molar-refractivity contribution in [1.82, 2.24) is 4.90 Å². The van der Waals surface area contributed by atoms with Crippen LogP contribution in [0.25, 0.3) is 0 Å². The van der Waals surface area contributed by atoms with E-state index >= 15 is 0 Å². The maximum absolute atomic E-state index is 3.95. The van der Waals surface area contributed by atoms with Crippen LogP contribution in [0.2, 0.25) is 0 Å². The molecule has 2 fully saturated rings. The fourth-order valence-corrected chi connectivity index (χ4v) is 3.47. The van der Waals surface area contributed by atoms with E-state index < -0.39 is 0 Å². The molecule has 0 amide bonds. The molecule has 1 nitrogen and oxygen atoms in total. The van der Waals surface area contributed by atoms with Crippen molar-refractivity contribution in [3.8, 4) is 0 Å². The first-order valence-electron chi connectivity index (χ1n) is 5.84. The molecule has 1 saturated carbocycles. The Kier molecular flexibility index (Phi) is 3.67. The van der Waals surface area contributed by atoms with Gasteiger partial charge in [0.15, 0.2) is 0 Å². The third kappa shape index (κ3) is 2.40. The number of hydrogen-bond acceptors (Lipinski definition) is 1. The molecule has 1 aliphatic carbocycles. The van der Waals surface area contributed by atoms with Crippen LogP contribution in [0.5, 0.6) is 0 Å². The van der Waals surface area contributed by atoms with Gasteiger partial charge in [0.2, 0.25) is 0 Å². The van der Waals surface area contributed by atoms with E-state index in [1.54, 1.807) is 0 Å². The fourth-order valence-electron chi connectivity index (χ4n) is 3.14. The molecule has 14 heavy (non-hydrogen) atoms. The summed E-state index contributed by atoms with van der Waals surface area (Å²) in [4.78, 5) is 2.63. The van der Waals surface area contributed by atoms with Crippen LogP contribution in [0.15, 0.2) is 11.1 Å². The van der Waals surface area contributed by atoms with Crippen LogP contribution >= 0.6 is 15.9 Å². The number of hydrogen-bond donors (Lipinski definition) is 0. The summed E-state index contributed by atoms with van der Waals surface area (Å²) >= 11 is 3.48. The molecule has 0 aromatic heterocycles. The summed E-state index contributed by atoms with van der Waals surface area (Å²) in [7, 11) is 0. The lowest BCUT2D eigenvalue weighted by atomic mass is 9.96. The van der Waals surface area contributed by atoms with Gasteiger partial charge >= 0.3 is 0 Å². The molecule has 80 valence electrons. The van der Waals surface area contributed by atoms with E-state index in [1.807, 2.05) is 0 Å². The molecule has 0 aromatic carbocycles. The Labute approximate surface area is 95.7 Å². The molecule has 2 heteroatoms. The SMILES string of the molecule is C=C(Br)CN1CCCC1C1CCCC1. The first-order valence-corrected chi connectivity index (χ1v) is 6.64. The highest BCUT2D eigenvalue weighted by molar-refractivity contribution is 9.11. The minimum atomic E-state index is 0.867. The molecule has 1 heterocycles. The zero-order valence-corrected chi connectivity index (χ0v) is 10.4. The molecule has 0 spiro atoms. The molecular formula is C12H20BrN. The number of likely N-dealkylation sites (tertiary alicyclic amines) is 1. The first kappa shape index (κ1) is 10.7. The lowest BCUT2D eigenvalue weighted by molar-refractivity contribution is 0.208. The molecule has 1 aliphatic heterocycles. The Bertz CT molecular complexity index is 208. The summed E-state index contributed by atoms with van der Waals surface area (Å²) < 4.78 is 1.14. The van der Waals surface area contributed by atoms with E-state index in [1.165, 1.54) is 45.1 Å². The van der Waals surface area contributed by atoms with Crippen molar-refractivity contribution in [3.05, 3.63) is 11.1 Å². The number of nitrogens with zero attached hydrogens (tertiary/aromatic N) is 1. The van der Waals surface area contributed by atoms with Crippen LogP contribution in [0.3, 0.4) is 0 Å². The smallest absolute Gasteiger partial charge is 0.0296 e. The fraction of sp³-hybridized carbons (Fsp3) is 0.833. The predicted molar refractivity (Wildman–Crippen MR) is 64.6 cm³/mol. The summed E-state index contributed by atoms with van der Waals surface area (Å²) in [6.45, 7) is 6.29. The molecule has 1 unspecified atom stereocenters. The van der Waals surface area contributed by atoms with Crippen LogP contribution in [0.4, 0.5) is 0 Å². The molecule has 0 N–H and O–H groups in total. The molecule has 0 aromatic rings. The van der Waals surface area contributed by atoms with Crippen LogP contribution in [0.1, 0.15) is 38.5 Å². The Balaban J connectivity index is 1.92. The predicted octanol–water partition coefficient (Wildman–Crippen LogP) is 3.55. The van der Waals surface area contributed by atoms with Crippen molar-refractivity contribution < 1.29 is 0 Å². The van der Waals surface area contributed by atoms with Gasteiger partial charge in [-0.25, -0.2) is 0 Å². The summed E-state index contributed by atoms with van der Waals surface area (Å²) in [5.74, 6) is 0.990. The molecule has 1 atom stereocenters. The van der Waals surface area contributed by atoms with Crippen molar-refractivity contribution in [2.24, 2.45) is 5.92 Å². The molecule has 0 bridgehead atoms. The average molecular weight is 258 g/mol. The van der Waals surface area contributed by atoms with Gasteiger partial charge in [0.25, 0.3) is 0 Å². The monoisotopic (exact) mass is 257 g/mol. The zero-order valence-electron chi connectivity index (χ0n) is 8.84. The van der Waals surface area contributed by atoms with E-state index in [9.17, 15) is 0 Å². The quantitative estimate of drug-likeness (QED) is 0.748. The highest BCUT2D eigenvalue weighted by Crippen LogP contribution is 2.35. The van der Waals surface area contributed by atoms with Gasteiger partial charge in [0.05, 0.1) is 0 Å². The lowest BCUT2D eigenvalue weighted by Gasteiger charge is -2.29. The molecule has 0 radical (unpaired) electrons. The first-order chi connectivity index (χ1) is 6.77. The number of rotatable bonds is 3. The third-order valence-corrected chi connectivity index (χ3v) is 3.98. The van der Waals surface area contributed by atoms with Crippen LogP contribution < -0.4 is 0 Å². The van der Waals surface area contributed by atoms with Gasteiger partial charge in [-0.05, 0) is 38.1 Å². The van der Waals surface area contributed by atoms with Gasteiger partial charge < -0.3 is 0 Å². The molecule has 2 aliphatic rings. The molecule has 2 rings (SSSR count). The minimum absolute atomic E-state index is 0.867. The van der Waals surface area contributed by atoms with E-state index in [0.717, 1.165) is 23.0 Å². The molecule has 1 saturated heterocycles. The van der Waals surface area contributed by atoms with Crippen molar-refractivity contribution >= 4 is 15.9 Å². The van der Waals surface area contributed by atoms with Crippen molar-refractivity contribution in [2.45, 2.75) is 44.6 Å². The van der Waals surface area contributed by atoms with Gasteiger partial charge in [0, 0.05) is 17.1 Å². The third-order valence-electron chi connectivity index (χ3n) is 3.73. The maximum Gasteiger partial charge on any atom is 0.0296 e. The second-order valence-corrected chi connectivity index (χ2v) is 5.86. The summed E-state index contributed by atoms with van der Waals surface area (Å²) in [6, 6.07) is 0.867. The van der Waals surface area contributed by atoms with Crippen LogP contribution in [0, 0.1) is 5.92 Å². The van der Waals surface area contributed by atoms with Gasteiger partial charge in [-0.3, -0.25) is 4.90 Å². The van der Waals surface area contributed by atoms with Crippen LogP contribution in [-0.4, -0.2) is 24.0 Å². The Morgan fingerprint density at radius 1 is 1.21 bits per heavy atom. The second-order valence-electron chi connectivity index (χ2n) is 4.74.